The van der Waals surface area contributed by atoms with E-state index in [-0.39, 0.29) is 11.8 Å². The van der Waals surface area contributed by atoms with E-state index in [0.717, 1.165) is 22.5 Å². The second-order valence-electron chi connectivity index (χ2n) is 7.31. The number of hydrogen-bond acceptors (Lipinski definition) is 4. The number of amides is 2. The number of carbonyl (C=O) groups is 2. The second kappa shape index (κ2) is 7.09. The lowest BCUT2D eigenvalue weighted by Crippen LogP contribution is -2.35. The fourth-order valence-corrected chi connectivity index (χ4v) is 3.45. The van der Waals surface area contributed by atoms with Crippen molar-refractivity contribution in [3.63, 3.8) is 0 Å². The number of rotatable bonds is 3. The largest absolute Gasteiger partial charge is 0.478 e. The summed E-state index contributed by atoms with van der Waals surface area (Å²) in [6, 6.07) is 13.0. The minimum atomic E-state index is -0.667. The van der Waals surface area contributed by atoms with Crippen LogP contribution >= 0.6 is 0 Å². The third-order valence-electron chi connectivity index (χ3n) is 4.71. The van der Waals surface area contributed by atoms with Gasteiger partial charge in [0.2, 0.25) is 0 Å². The predicted molar refractivity (Wildman–Crippen MR) is 111 cm³/mol. The molecule has 2 amide bonds. The van der Waals surface area contributed by atoms with E-state index in [1.54, 1.807) is 29.8 Å². The minimum absolute atomic E-state index is 0.237. The first-order chi connectivity index (χ1) is 13.8. The van der Waals surface area contributed by atoms with Crippen LogP contribution in [0.5, 0.6) is 5.75 Å². The van der Waals surface area contributed by atoms with Crippen LogP contribution < -0.4 is 15.4 Å². The third-order valence-corrected chi connectivity index (χ3v) is 4.71. The van der Waals surface area contributed by atoms with E-state index in [9.17, 15) is 9.59 Å². The summed E-state index contributed by atoms with van der Waals surface area (Å²) >= 11 is 0. The summed E-state index contributed by atoms with van der Waals surface area (Å²) in [6.07, 6.45) is -0.667. The van der Waals surface area contributed by atoms with Crippen LogP contribution in [0, 0.1) is 20.8 Å². The number of para-hydroxylation sites is 1. The quantitative estimate of drug-likeness (QED) is 0.713. The first kappa shape index (κ1) is 18.7. The standard InChI is InChI=1S/C22H22N4O3/c1-12-8-13(2)10-16(9-12)26-19(11-14(3)25-26)24-22(28)17-6-5-7-18-20(17)29-15(4)21(27)23-18/h5-11,15H,1-4H3,(H,23,27)(H,24,28)/t15-/m1/s1. The Morgan fingerprint density at radius 2 is 1.86 bits per heavy atom. The van der Waals surface area contributed by atoms with Crippen molar-refractivity contribution in [2.24, 2.45) is 0 Å². The van der Waals surface area contributed by atoms with E-state index in [2.05, 4.69) is 21.8 Å². The van der Waals surface area contributed by atoms with Gasteiger partial charge in [0.1, 0.15) is 5.82 Å². The van der Waals surface area contributed by atoms with Gasteiger partial charge in [0.05, 0.1) is 22.6 Å². The summed E-state index contributed by atoms with van der Waals surface area (Å²) in [7, 11) is 0. The fourth-order valence-electron chi connectivity index (χ4n) is 3.45. The Kier molecular flexibility index (Phi) is 4.58. The van der Waals surface area contributed by atoms with Crippen molar-refractivity contribution in [1.82, 2.24) is 9.78 Å². The SMILES string of the molecule is Cc1cc(C)cc(-n2nc(C)cc2NC(=O)c2cccc3c2O[C@H](C)C(=O)N3)c1. The van der Waals surface area contributed by atoms with E-state index in [0.29, 0.717) is 22.8 Å². The molecule has 1 aliphatic rings. The molecule has 7 heteroatoms. The highest BCUT2D eigenvalue weighted by Gasteiger charge is 2.28. The van der Waals surface area contributed by atoms with Gasteiger partial charge in [-0.05, 0) is 63.1 Å². The molecular formula is C22H22N4O3. The number of aryl methyl sites for hydroxylation is 3. The van der Waals surface area contributed by atoms with Crippen molar-refractivity contribution in [2.75, 3.05) is 10.6 Å². The number of benzene rings is 2. The number of fused-ring (bicyclic) bond motifs is 1. The van der Waals surface area contributed by atoms with Gasteiger partial charge in [-0.25, -0.2) is 4.68 Å². The Morgan fingerprint density at radius 3 is 2.59 bits per heavy atom. The van der Waals surface area contributed by atoms with Crippen LogP contribution in [-0.4, -0.2) is 27.7 Å². The van der Waals surface area contributed by atoms with Crippen molar-refractivity contribution in [3.05, 3.63) is 64.8 Å². The van der Waals surface area contributed by atoms with E-state index >= 15 is 0 Å². The molecule has 2 N–H and O–H groups in total. The van der Waals surface area contributed by atoms with Gasteiger partial charge in [-0.1, -0.05) is 12.1 Å². The van der Waals surface area contributed by atoms with Crippen LogP contribution in [0.1, 0.15) is 34.1 Å². The average Bonchev–Trinajstić information content (AvgIpc) is 3.01. The van der Waals surface area contributed by atoms with Crippen molar-refractivity contribution < 1.29 is 14.3 Å². The Morgan fingerprint density at radius 1 is 1.14 bits per heavy atom. The van der Waals surface area contributed by atoms with Crippen LogP contribution in [0.2, 0.25) is 0 Å². The summed E-state index contributed by atoms with van der Waals surface area (Å²) in [5.74, 6) is 0.351. The van der Waals surface area contributed by atoms with Crippen LogP contribution in [0.4, 0.5) is 11.5 Å². The lowest BCUT2D eigenvalue weighted by atomic mass is 10.1. The van der Waals surface area contributed by atoms with Crippen LogP contribution in [0.15, 0.2) is 42.5 Å². The maximum absolute atomic E-state index is 13.1. The van der Waals surface area contributed by atoms with E-state index in [4.69, 9.17) is 4.74 Å². The van der Waals surface area contributed by atoms with E-state index in [1.807, 2.05) is 39.0 Å². The molecule has 0 saturated carbocycles. The molecular weight excluding hydrogens is 368 g/mol. The number of ether oxygens (including phenoxy) is 1. The molecule has 1 atom stereocenters. The van der Waals surface area contributed by atoms with E-state index in [1.165, 1.54) is 0 Å². The topological polar surface area (TPSA) is 85.2 Å². The highest BCUT2D eigenvalue weighted by atomic mass is 16.5. The Hall–Kier alpha value is -3.61. The normalized spacial score (nSPS) is 15.3. The summed E-state index contributed by atoms with van der Waals surface area (Å²) in [4.78, 5) is 24.9. The number of aromatic nitrogens is 2. The summed E-state index contributed by atoms with van der Waals surface area (Å²) < 4.78 is 7.41. The molecule has 1 aliphatic heterocycles. The number of nitrogens with one attached hydrogen (secondary N) is 2. The van der Waals surface area contributed by atoms with E-state index < -0.39 is 6.10 Å². The first-order valence-electron chi connectivity index (χ1n) is 9.39. The van der Waals surface area contributed by atoms with Gasteiger partial charge in [-0.2, -0.15) is 5.10 Å². The summed E-state index contributed by atoms with van der Waals surface area (Å²) in [5.41, 5.74) is 4.71. The van der Waals surface area contributed by atoms with Crippen molar-refractivity contribution >= 4 is 23.3 Å². The molecule has 4 rings (SSSR count). The van der Waals surface area contributed by atoms with Crippen LogP contribution in [0.25, 0.3) is 5.69 Å². The number of nitrogens with zero attached hydrogens (tertiary/aromatic N) is 2. The number of anilines is 2. The monoisotopic (exact) mass is 390 g/mol. The molecule has 148 valence electrons. The molecule has 2 heterocycles. The predicted octanol–water partition coefficient (Wildman–Crippen LogP) is 3.77. The fraction of sp³-hybridized carbons (Fsp3) is 0.227. The van der Waals surface area contributed by atoms with Crippen molar-refractivity contribution in [3.8, 4) is 11.4 Å². The Bertz CT molecular complexity index is 1110. The molecule has 0 radical (unpaired) electrons. The van der Waals surface area contributed by atoms with Gasteiger partial charge >= 0.3 is 0 Å². The molecule has 7 nitrogen and oxygen atoms in total. The molecule has 0 spiro atoms. The van der Waals surface area contributed by atoms with Gasteiger partial charge in [-0.15, -0.1) is 0 Å². The van der Waals surface area contributed by atoms with Crippen molar-refractivity contribution in [2.45, 2.75) is 33.8 Å². The van der Waals surface area contributed by atoms with Crippen LogP contribution in [-0.2, 0) is 4.79 Å². The molecule has 0 aliphatic carbocycles. The lowest BCUT2D eigenvalue weighted by Gasteiger charge is -2.25. The smallest absolute Gasteiger partial charge is 0.265 e. The molecule has 3 aromatic rings. The number of hydrogen-bond donors (Lipinski definition) is 2. The number of carbonyl (C=O) groups excluding carboxylic acids is 2. The zero-order valence-electron chi connectivity index (χ0n) is 16.7. The van der Waals surface area contributed by atoms with Crippen molar-refractivity contribution in [1.29, 1.82) is 0 Å². The molecule has 0 fully saturated rings. The molecule has 1 aromatic heterocycles. The molecule has 0 bridgehead atoms. The maximum Gasteiger partial charge on any atom is 0.265 e. The zero-order valence-corrected chi connectivity index (χ0v) is 16.7. The van der Waals surface area contributed by atoms with Gasteiger partial charge in [-0.3, -0.25) is 9.59 Å². The second-order valence-corrected chi connectivity index (χ2v) is 7.31. The molecule has 0 unspecified atom stereocenters. The first-order valence-corrected chi connectivity index (χ1v) is 9.39. The van der Waals surface area contributed by atoms with Gasteiger partial charge in [0.25, 0.3) is 11.8 Å². The minimum Gasteiger partial charge on any atom is -0.478 e. The maximum atomic E-state index is 13.1. The Balaban J connectivity index is 1.69. The molecule has 29 heavy (non-hydrogen) atoms. The van der Waals surface area contributed by atoms with Gasteiger partial charge in [0.15, 0.2) is 11.9 Å². The third kappa shape index (κ3) is 3.59. The zero-order chi connectivity index (χ0) is 20.7. The highest BCUT2D eigenvalue weighted by Crippen LogP contribution is 2.34. The average molecular weight is 390 g/mol. The van der Waals surface area contributed by atoms with Crippen LogP contribution in [0.3, 0.4) is 0 Å². The lowest BCUT2D eigenvalue weighted by molar-refractivity contribution is -0.122. The van der Waals surface area contributed by atoms with Gasteiger partial charge in [0, 0.05) is 6.07 Å². The highest BCUT2D eigenvalue weighted by molar-refractivity contribution is 6.09. The summed E-state index contributed by atoms with van der Waals surface area (Å²) in [6.45, 7) is 7.56. The van der Waals surface area contributed by atoms with Gasteiger partial charge < -0.3 is 15.4 Å². The molecule has 2 aromatic carbocycles. The molecule has 0 saturated heterocycles. The summed E-state index contributed by atoms with van der Waals surface area (Å²) in [5, 5.41) is 10.2. The Labute approximate surface area is 168 Å².